The summed E-state index contributed by atoms with van der Waals surface area (Å²) in [5.74, 6) is 2.04. The van der Waals surface area contributed by atoms with Crippen LogP contribution in [0.4, 0.5) is 5.82 Å². The van der Waals surface area contributed by atoms with Crippen LogP contribution < -0.4 is 10.2 Å². The van der Waals surface area contributed by atoms with Gasteiger partial charge in [0.15, 0.2) is 5.11 Å². The van der Waals surface area contributed by atoms with Gasteiger partial charge in [0.25, 0.3) is 0 Å². The van der Waals surface area contributed by atoms with Crippen molar-refractivity contribution in [3.63, 3.8) is 0 Å². The van der Waals surface area contributed by atoms with E-state index in [2.05, 4.69) is 66.2 Å². The zero-order chi connectivity index (χ0) is 21.8. The fourth-order valence-electron chi connectivity index (χ4n) is 3.98. The summed E-state index contributed by atoms with van der Waals surface area (Å²) in [6.07, 6.45) is 2.90. The normalized spacial score (nSPS) is 14.3. The number of aromatic nitrogens is 2. The molecule has 0 saturated carbocycles. The Labute approximate surface area is 194 Å². The molecule has 0 unspecified atom stereocenters. The summed E-state index contributed by atoms with van der Waals surface area (Å²) in [5.41, 5.74) is 2.64. The number of thiophene rings is 1. The largest absolute Gasteiger partial charge is 0.363 e. The molecule has 0 amide bonds. The minimum absolute atomic E-state index is 0.855. The third-order valence-electron chi connectivity index (χ3n) is 5.93. The molecule has 1 N–H and O–H groups in total. The van der Waals surface area contributed by atoms with Crippen molar-refractivity contribution in [1.82, 2.24) is 20.2 Å². The highest BCUT2D eigenvalue weighted by Gasteiger charge is 2.24. The van der Waals surface area contributed by atoms with Gasteiger partial charge in [-0.1, -0.05) is 37.3 Å². The molecule has 0 spiro atoms. The fourth-order valence-corrected chi connectivity index (χ4v) is 5.31. The first kappa shape index (κ1) is 22.0. The lowest BCUT2D eigenvalue weighted by Crippen LogP contribution is -2.52. The Hall–Kier alpha value is -2.25. The molecule has 1 aromatic carbocycles. The first-order valence-electron chi connectivity index (χ1n) is 11.1. The molecular weight excluding hydrogens is 422 g/mol. The van der Waals surface area contributed by atoms with Gasteiger partial charge in [-0.25, -0.2) is 9.97 Å². The van der Waals surface area contributed by atoms with Crippen LogP contribution in [0, 0.1) is 13.8 Å². The lowest BCUT2D eigenvalue weighted by molar-refractivity contribution is 0.379. The molecule has 3 heterocycles. The van der Waals surface area contributed by atoms with Crippen LogP contribution in [0.5, 0.6) is 0 Å². The number of anilines is 1. The van der Waals surface area contributed by atoms with Gasteiger partial charge in [0, 0.05) is 44.0 Å². The molecule has 1 fully saturated rings. The number of rotatable bonds is 6. The first-order valence-corrected chi connectivity index (χ1v) is 12.4. The van der Waals surface area contributed by atoms with Crippen LogP contribution in [0.15, 0.2) is 30.3 Å². The molecule has 4 rings (SSSR count). The van der Waals surface area contributed by atoms with Crippen LogP contribution in [0.25, 0.3) is 10.2 Å². The maximum absolute atomic E-state index is 5.57. The van der Waals surface area contributed by atoms with E-state index in [4.69, 9.17) is 22.2 Å². The Morgan fingerprint density at radius 3 is 2.52 bits per heavy atom. The molecule has 3 aromatic rings. The molecule has 0 aliphatic carbocycles. The average Bonchev–Trinajstić information content (AvgIpc) is 3.09. The number of hydrogen-bond donors (Lipinski definition) is 1. The molecule has 7 heteroatoms. The second-order valence-electron chi connectivity index (χ2n) is 8.12. The second-order valence-corrected chi connectivity index (χ2v) is 9.71. The molecule has 2 aromatic heterocycles. The van der Waals surface area contributed by atoms with Gasteiger partial charge in [0.2, 0.25) is 0 Å². The van der Waals surface area contributed by atoms with Crippen molar-refractivity contribution < 1.29 is 0 Å². The number of benzene rings is 1. The highest BCUT2D eigenvalue weighted by atomic mass is 32.1. The SMILES string of the molecule is CCCNC(=S)N1CCN(c2nc(CCc3ccccc3)nc3sc(C)c(C)c23)CC1. The molecular formula is C24H31N5S2. The van der Waals surface area contributed by atoms with Crippen LogP contribution in [0.3, 0.4) is 0 Å². The molecule has 0 bridgehead atoms. The summed E-state index contributed by atoms with van der Waals surface area (Å²) in [6, 6.07) is 10.6. The summed E-state index contributed by atoms with van der Waals surface area (Å²) < 4.78 is 0. The Morgan fingerprint density at radius 1 is 1.06 bits per heavy atom. The van der Waals surface area contributed by atoms with E-state index in [0.29, 0.717) is 0 Å². The van der Waals surface area contributed by atoms with E-state index in [0.717, 1.165) is 73.6 Å². The number of thiocarbonyl (C=S) groups is 1. The van der Waals surface area contributed by atoms with Gasteiger partial charge in [-0.15, -0.1) is 11.3 Å². The maximum atomic E-state index is 5.57. The van der Waals surface area contributed by atoms with Gasteiger partial charge in [-0.05, 0) is 50.0 Å². The molecule has 1 saturated heterocycles. The summed E-state index contributed by atoms with van der Waals surface area (Å²) >= 11 is 7.36. The Bertz CT molecular complexity index is 1040. The number of nitrogens with one attached hydrogen (secondary N) is 1. The molecule has 0 atom stereocenters. The van der Waals surface area contributed by atoms with Crippen molar-refractivity contribution in [1.29, 1.82) is 0 Å². The average molecular weight is 454 g/mol. The molecule has 5 nitrogen and oxygen atoms in total. The van der Waals surface area contributed by atoms with E-state index in [9.17, 15) is 0 Å². The maximum Gasteiger partial charge on any atom is 0.169 e. The second kappa shape index (κ2) is 9.92. The van der Waals surface area contributed by atoms with E-state index in [-0.39, 0.29) is 0 Å². The Balaban J connectivity index is 1.55. The predicted octanol–water partition coefficient (Wildman–Crippen LogP) is 4.50. The van der Waals surface area contributed by atoms with Crippen LogP contribution >= 0.6 is 23.6 Å². The Kier molecular flexibility index (Phi) is 7.02. The van der Waals surface area contributed by atoms with Crippen LogP contribution in [0.1, 0.15) is 35.2 Å². The summed E-state index contributed by atoms with van der Waals surface area (Å²) in [6.45, 7) is 11.2. The predicted molar refractivity (Wildman–Crippen MR) is 135 cm³/mol. The summed E-state index contributed by atoms with van der Waals surface area (Å²) in [5, 5.41) is 5.46. The van der Waals surface area contributed by atoms with Crippen LogP contribution in [-0.2, 0) is 12.8 Å². The van der Waals surface area contributed by atoms with Crippen molar-refractivity contribution >= 4 is 44.7 Å². The summed E-state index contributed by atoms with van der Waals surface area (Å²) in [4.78, 5) is 17.2. The van der Waals surface area contributed by atoms with Crippen LogP contribution in [-0.4, -0.2) is 52.7 Å². The van der Waals surface area contributed by atoms with Gasteiger partial charge in [-0.3, -0.25) is 0 Å². The van der Waals surface area contributed by atoms with Crippen molar-refractivity contribution in [2.45, 2.75) is 40.0 Å². The van der Waals surface area contributed by atoms with Gasteiger partial charge in [-0.2, -0.15) is 0 Å². The zero-order valence-electron chi connectivity index (χ0n) is 18.6. The molecule has 0 radical (unpaired) electrons. The van der Waals surface area contributed by atoms with Gasteiger partial charge in [0.1, 0.15) is 16.5 Å². The number of aryl methyl sites for hydroxylation is 4. The van der Waals surface area contributed by atoms with Crippen molar-refractivity contribution in [3.05, 3.63) is 52.2 Å². The standard InChI is InChI=1S/C24H31N5S2/c1-4-12-25-24(30)29-15-13-28(14-16-29)22-21-17(2)18(3)31-23(21)27-20(26-22)11-10-19-8-6-5-7-9-19/h5-9H,4,10-16H2,1-3H3,(H,25,30). The van der Waals surface area contributed by atoms with E-state index in [1.807, 2.05) is 0 Å². The smallest absolute Gasteiger partial charge is 0.169 e. The molecule has 1 aliphatic heterocycles. The van der Waals surface area contributed by atoms with Gasteiger partial charge < -0.3 is 15.1 Å². The minimum Gasteiger partial charge on any atom is -0.363 e. The monoisotopic (exact) mass is 453 g/mol. The summed E-state index contributed by atoms with van der Waals surface area (Å²) in [7, 11) is 0. The number of nitrogens with zero attached hydrogens (tertiary/aromatic N) is 4. The minimum atomic E-state index is 0.855. The van der Waals surface area contributed by atoms with E-state index in [1.54, 1.807) is 11.3 Å². The number of fused-ring (bicyclic) bond motifs is 1. The van der Waals surface area contributed by atoms with Crippen molar-refractivity contribution in [2.75, 3.05) is 37.6 Å². The highest BCUT2D eigenvalue weighted by molar-refractivity contribution is 7.80. The lowest BCUT2D eigenvalue weighted by atomic mass is 10.1. The zero-order valence-corrected chi connectivity index (χ0v) is 20.3. The topological polar surface area (TPSA) is 44.3 Å². The van der Waals surface area contributed by atoms with Crippen molar-refractivity contribution in [3.8, 4) is 0 Å². The molecule has 31 heavy (non-hydrogen) atoms. The highest BCUT2D eigenvalue weighted by Crippen LogP contribution is 2.35. The molecule has 164 valence electrons. The Morgan fingerprint density at radius 2 is 1.81 bits per heavy atom. The quantitative estimate of drug-likeness (QED) is 0.555. The van der Waals surface area contributed by atoms with Gasteiger partial charge in [0.05, 0.1) is 5.39 Å². The van der Waals surface area contributed by atoms with E-state index in [1.165, 1.54) is 21.4 Å². The first-order chi connectivity index (χ1) is 15.1. The fraction of sp³-hybridized carbons (Fsp3) is 0.458. The van der Waals surface area contributed by atoms with E-state index >= 15 is 0 Å². The van der Waals surface area contributed by atoms with Crippen LogP contribution in [0.2, 0.25) is 0 Å². The number of piperazine rings is 1. The van der Waals surface area contributed by atoms with E-state index < -0.39 is 0 Å². The van der Waals surface area contributed by atoms with Gasteiger partial charge >= 0.3 is 0 Å². The number of hydrogen-bond acceptors (Lipinski definition) is 5. The van der Waals surface area contributed by atoms with Crippen molar-refractivity contribution in [2.24, 2.45) is 0 Å². The third-order valence-corrected chi connectivity index (χ3v) is 7.43. The third kappa shape index (κ3) is 4.99. The molecule has 1 aliphatic rings. The lowest BCUT2D eigenvalue weighted by Gasteiger charge is -2.37.